The molecule has 2 atom stereocenters. The molecule has 0 unspecified atom stereocenters. The van der Waals surface area contributed by atoms with Crippen molar-refractivity contribution in [2.24, 2.45) is 0 Å². The van der Waals surface area contributed by atoms with Gasteiger partial charge >= 0.3 is 0 Å². The highest BCUT2D eigenvalue weighted by Gasteiger charge is 2.40. The van der Waals surface area contributed by atoms with Crippen LogP contribution in [0.1, 0.15) is 46.6 Å². The second-order valence-electron chi connectivity index (χ2n) is 8.62. The lowest BCUT2D eigenvalue weighted by atomic mass is 9.84. The van der Waals surface area contributed by atoms with Gasteiger partial charge in [0.2, 0.25) is 11.8 Å². The summed E-state index contributed by atoms with van der Waals surface area (Å²) in [5.41, 5.74) is 2.12. The van der Waals surface area contributed by atoms with E-state index in [9.17, 15) is 9.59 Å². The van der Waals surface area contributed by atoms with Gasteiger partial charge in [0.15, 0.2) is 0 Å². The molecule has 1 aliphatic heterocycles. The van der Waals surface area contributed by atoms with E-state index in [-0.39, 0.29) is 17.7 Å². The quantitative estimate of drug-likeness (QED) is 0.478. The fourth-order valence-electron chi connectivity index (χ4n) is 4.77. The minimum atomic E-state index is -0.494. The molecule has 0 aliphatic carbocycles. The number of thiophene rings is 1. The molecule has 1 saturated heterocycles. The van der Waals surface area contributed by atoms with Crippen molar-refractivity contribution in [2.75, 3.05) is 13.1 Å². The van der Waals surface area contributed by atoms with Gasteiger partial charge < -0.3 is 15.5 Å². The van der Waals surface area contributed by atoms with Crippen molar-refractivity contribution in [2.45, 2.75) is 44.3 Å². The van der Waals surface area contributed by atoms with Crippen LogP contribution in [-0.4, -0.2) is 41.9 Å². The highest BCUT2D eigenvalue weighted by Crippen LogP contribution is 2.31. The molecule has 0 spiro atoms. The topological polar surface area (TPSA) is 85.2 Å². The predicted octanol–water partition coefficient (Wildman–Crippen LogP) is 4.04. The van der Waals surface area contributed by atoms with Crippen LogP contribution in [0.4, 0.5) is 0 Å². The number of carbonyl (C=O) groups excluding carboxylic acids is 2. The maximum Gasteiger partial charge on any atom is 0.243 e. The molecular weight excluding hydrogens is 456 g/mol. The Morgan fingerprint density at radius 2 is 1.71 bits per heavy atom. The standard InChI is InChI=1S/C28H30N4O2S/c1-2-30-26(25(20-10-5-3-6-11-20)21-12-7-4-8-13-21)28(34)32-17-9-14-24(32)27(33)31-19-23-16-15-22(18-29)35-23/h3-8,10-13,15-16,24-26,30H,2,9,14,17,19H2,1H3,(H,31,33)/t24-,26+/m0/s1. The Bertz CT molecular complexity index is 1130. The summed E-state index contributed by atoms with van der Waals surface area (Å²) >= 11 is 1.37. The van der Waals surface area contributed by atoms with E-state index in [4.69, 9.17) is 5.26 Å². The van der Waals surface area contributed by atoms with Crippen LogP contribution in [0, 0.1) is 11.3 Å². The first-order valence-corrected chi connectivity index (χ1v) is 12.8. The van der Waals surface area contributed by atoms with Crippen LogP contribution in [0.5, 0.6) is 0 Å². The predicted molar refractivity (Wildman–Crippen MR) is 138 cm³/mol. The molecule has 2 heterocycles. The van der Waals surface area contributed by atoms with Crippen LogP contribution in [0.3, 0.4) is 0 Å². The van der Waals surface area contributed by atoms with Crippen LogP contribution < -0.4 is 10.6 Å². The Hall–Kier alpha value is -3.47. The fraction of sp³-hybridized carbons (Fsp3) is 0.321. The van der Waals surface area contributed by atoms with Gasteiger partial charge in [-0.3, -0.25) is 9.59 Å². The number of benzene rings is 2. The maximum absolute atomic E-state index is 14.0. The first-order valence-electron chi connectivity index (χ1n) is 12.0. The Balaban J connectivity index is 1.56. The molecule has 6 nitrogen and oxygen atoms in total. The summed E-state index contributed by atoms with van der Waals surface area (Å²) in [4.78, 5) is 30.4. The van der Waals surface area contributed by atoms with Crippen LogP contribution in [-0.2, 0) is 16.1 Å². The van der Waals surface area contributed by atoms with Gasteiger partial charge in [0.1, 0.15) is 17.0 Å². The lowest BCUT2D eigenvalue weighted by Crippen LogP contribution is -2.54. The van der Waals surface area contributed by atoms with Gasteiger partial charge in [-0.05, 0) is 42.6 Å². The molecule has 7 heteroatoms. The highest BCUT2D eigenvalue weighted by atomic mass is 32.1. The van der Waals surface area contributed by atoms with E-state index < -0.39 is 12.1 Å². The van der Waals surface area contributed by atoms with Gasteiger partial charge in [-0.2, -0.15) is 5.26 Å². The number of likely N-dealkylation sites (N-methyl/N-ethyl adjacent to an activating group) is 1. The molecule has 2 aromatic carbocycles. The number of likely N-dealkylation sites (tertiary alicyclic amines) is 1. The van der Waals surface area contributed by atoms with Gasteiger partial charge in [0.05, 0.1) is 12.6 Å². The van der Waals surface area contributed by atoms with Crippen LogP contribution in [0.15, 0.2) is 72.8 Å². The first-order chi connectivity index (χ1) is 17.1. The highest BCUT2D eigenvalue weighted by molar-refractivity contribution is 7.12. The monoisotopic (exact) mass is 486 g/mol. The summed E-state index contributed by atoms with van der Waals surface area (Å²) in [6.07, 6.45) is 1.44. The summed E-state index contributed by atoms with van der Waals surface area (Å²) < 4.78 is 0. The van der Waals surface area contributed by atoms with Crippen LogP contribution in [0.2, 0.25) is 0 Å². The number of hydrogen-bond acceptors (Lipinski definition) is 5. The molecular formula is C28H30N4O2S. The molecule has 1 aromatic heterocycles. The van der Waals surface area contributed by atoms with Crippen molar-refractivity contribution in [1.29, 1.82) is 5.26 Å². The van der Waals surface area contributed by atoms with E-state index in [0.717, 1.165) is 22.4 Å². The second kappa shape index (κ2) is 11.8. The van der Waals surface area contributed by atoms with Gasteiger partial charge in [0.25, 0.3) is 0 Å². The number of nitriles is 1. The van der Waals surface area contributed by atoms with Gasteiger partial charge in [0, 0.05) is 17.3 Å². The van der Waals surface area contributed by atoms with E-state index in [1.54, 1.807) is 11.0 Å². The molecule has 1 aliphatic rings. The van der Waals surface area contributed by atoms with Crippen molar-refractivity contribution < 1.29 is 9.59 Å². The zero-order valence-electron chi connectivity index (χ0n) is 19.8. The van der Waals surface area contributed by atoms with Crippen LogP contribution in [0.25, 0.3) is 0 Å². The lowest BCUT2D eigenvalue weighted by Gasteiger charge is -2.33. The van der Waals surface area contributed by atoms with E-state index >= 15 is 0 Å². The van der Waals surface area contributed by atoms with Crippen LogP contribution >= 0.6 is 11.3 Å². The third-order valence-electron chi connectivity index (χ3n) is 6.39. The Labute approximate surface area is 210 Å². The molecule has 4 rings (SSSR count). The molecule has 35 heavy (non-hydrogen) atoms. The van der Waals surface area contributed by atoms with E-state index in [1.807, 2.05) is 49.4 Å². The van der Waals surface area contributed by atoms with Crippen molar-refractivity contribution in [3.8, 4) is 6.07 Å². The average Bonchev–Trinajstić information content (AvgIpc) is 3.58. The zero-order valence-corrected chi connectivity index (χ0v) is 20.6. The van der Waals surface area contributed by atoms with Gasteiger partial charge in [-0.15, -0.1) is 11.3 Å². The van der Waals surface area contributed by atoms with E-state index in [1.165, 1.54) is 11.3 Å². The van der Waals surface area contributed by atoms with E-state index in [0.29, 0.717) is 30.9 Å². The Kier molecular flexibility index (Phi) is 8.30. The number of nitrogens with zero attached hydrogens (tertiary/aromatic N) is 2. The molecule has 2 N–H and O–H groups in total. The second-order valence-corrected chi connectivity index (χ2v) is 9.79. The molecule has 3 aromatic rings. The lowest BCUT2D eigenvalue weighted by molar-refractivity contribution is -0.140. The van der Waals surface area contributed by atoms with Crippen molar-refractivity contribution in [3.63, 3.8) is 0 Å². The number of nitrogens with one attached hydrogen (secondary N) is 2. The summed E-state index contributed by atoms with van der Waals surface area (Å²) in [6.45, 7) is 3.55. The van der Waals surface area contributed by atoms with Crippen molar-refractivity contribution in [3.05, 3.63) is 93.7 Å². The maximum atomic E-state index is 14.0. The average molecular weight is 487 g/mol. The Morgan fingerprint density at radius 3 is 2.29 bits per heavy atom. The SMILES string of the molecule is CCN[C@@H](C(=O)N1CCC[C@H]1C(=O)NCc1ccc(C#N)s1)C(c1ccccc1)c1ccccc1. The molecule has 180 valence electrons. The third kappa shape index (κ3) is 5.79. The van der Waals surface area contributed by atoms with Gasteiger partial charge in [-0.1, -0.05) is 67.6 Å². The molecule has 2 amide bonds. The molecule has 1 fully saturated rings. The summed E-state index contributed by atoms with van der Waals surface area (Å²) in [5, 5.41) is 15.4. The zero-order chi connectivity index (χ0) is 24.6. The summed E-state index contributed by atoms with van der Waals surface area (Å²) in [7, 11) is 0. The van der Waals surface area contributed by atoms with E-state index in [2.05, 4.69) is 41.0 Å². The normalized spacial score (nSPS) is 16.1. The molecule has 0 bridgehead atoms. The number of rotatable bonds is 9. The fourth-order valence-corrected chi connectivity index (χ4v) is 5.52. The number of carbonyl (C=O) groups is 2. The smallest absolute Gasteiger partial charge is 0.243 e. The number of hydrogen-bond donors (Lipinski definition) is 2. The molecule has 0 radical (unpaired) electrons. The first kappa shape index (κ1) is 24.6. The summed E-state index contributed by atoms with van der Waals surface area (Å²) in [6, 6.07) is 24.9. The van der Waals surface area contributed by atoms with Gasteiger partial charge in [-0.25, -0.2) is 0 Å². The minimum absolute atomic E-state index is 0.0508. The molecule has 0 saturated carbocycles. The number of amides is 2. The van der Waals surface area contributed by atoms with Crippen molar-refractivity contribution >= 4 is 23.2 Å². The minimum Gasteiger partial charge on any atom is -0.349 e. The van der Waals surface area contributed by atoms with Crippen molar-refractivity contribution in [1.82, 2.24) is 15.5 Å². The largest absolute Gasteiger partial charge is 0.349 e. The summed E-state index contributed by atoms with van der Waals surface area (Å²) in [5.74, 6) is -0.372. The third-order valence-corrected chi connectivity index (χ3v) is 7.38. The Morgan fingerprint density at radius 1 is 1.06 bits per heavy atom.